The highest BCUT2D eigenvalue weighted by atomic mass is 16.5. The Bertz CT molecular complexity index is 202. The molecular formula is C13H26N2O. The topological polar surface area (TPSA) is 38.5 Å². The normalized spacial score (nSPS) is 34.9. The molecule has 2 aliphatic rings. The molecule has 2 saturated heterocycles. The molecular weight excluding hydrogens is 200 g/mol. The molecule has 0 aromatic heterocycles. The van der Waals surface area contributed by atoms with Crippen molar-refractivity contribution in [3.8, 4) is 0 Å². The van der Waals surface area contributed by atoms with Crippen molar-refractivity contribution in [3.63, 3.8) is 0 Å². The standard InChI is InChI=1S/C13H26N2O/c1-11(14)13-6-2-3-7-15(13)9-12-5-4-8-16-10-12/h11-13H,2-10,14H2,1H3. The second-order valence-electron chi connectivity index (χ2n) is 5.50. The van der Waals surface area contributed by atoms with Gasteiger partial charge in [-0.25, -0.2) is 0 Å². The fourth-order valence-electron chi connectivity index (χ4n) is 3.12. The summed E-state index contributed by atoms with van der Waals surface area (Å²) in [7, 11) is 0. The van der Waals surface area contributed by atoms with E-state index in [4.69, 9.17) is 10.5 Å². The molecule has 0 bridgehead atoms. The smallest absolute Gasteiger partial charge is 0.0506 e. The zero-order valence-corrected chi connectivity index (χ0v) is 10.5. The van der Waals surface area contributed by atoms with E-state index in [0.717, 1.165) is 19.1 Å². The van der Waals surface area contributed by atoms with Crippen LogP contribution in [0.5, 0.6) is 0 Å². The predicted molar refractivity (Wildman–Crippen MR) is 66.4 cm³/mol. The van der Waals surface area contributed by atoms with Gasteiger partial charge in [0, 0.05) is 25.2 Å². The number of hydrogen-bond donors (Lipinski definition) is 1. The Balaban J connectivity index is 1.85. The number of hydrogen-bond acceptors (Lipinski definition) is 3. The highest BCUT2D eigenvalue weighted by Gasteiger charge is 2.27. The van der Waals surface area contributed by atoms with Crippen molar-refractivity contribution in [1.29, 1.82) is 0 Å². The Morgan fingerprint density at radius 1 is 1.31 bits per heavy atom. The molecule has 2 N–H and O–H groups in total. The van der Waals surface area contributed by atoms with E-state index in [2.05, 4.69) is 11.8 Å². The van der Waals surface area contributed by atoms with Crippen LogP contribution in [0.1, 0.15) is 39.0 Å². The Labute approximate surface area is 99.3 Å². The zero-order valence-electron chi connectivity index (χ0n) is 10.5. The maximum atomic E-state index is 6.09. The molecule has 16 heavy (non-hydrogen) atoms. The molecule has 0 aliphatic carbocycles. The summed E-state index contributed by atoms with van der Waals surface area (Å²) in [6, 6.07) is 0.917. The average molecular weight is 226 g/mol. The first kappa shape index (κ1) is 12.3. The van der Waals surface area contributed by atoms with Gasteiger partial charge in [-0.2, -0.15) is 0 Å². The third-order valence-electron chi connectivity index (χ3n) is 4.02. The molecule has 0 spiro atoms. The Morgan fingerprint density at radius 2 is 2.19 bits per heavy atom. The fraction of sp³-hybridized carbons (Fsp3) is 1.00. The van der Waals surface area contributed by atoms with E-state index in [0.29, 0.717) is 12.1 Å². The summed E-state index contributed by atoms with van der Waals surface area (Å²) in [5, 5.41) is 0. The number of likely N-dealkylation sites (tertiary alicyclic amines) is 1. The molecule has 3 nitrogen and oxygen atoms in total. The molecule has 3 atom stereocenters. The summed E-state index contributed by atoms with van der Waals surface area (Å²) in [5.41, 5.74) is 6.09. The van der Waals surface area contributed by atoms with Crippen molar-refractivity contribution >= 4 is 0 Å². The van der Waals surface area contributed by atoms with Crippen LogP contribution >= 0.6 is 0 Å². The lowest BCUT2D eigenvalue weighted by Crippen LogP contribution is -2.51. The van der Waals surface area contributed by atoms with E-state index in [9.17, 15) is 0 Å². The quantitative estimate of drug-likeness (QED) is 0.794. The van der Waals surface area contributed by atoms with Crippen LogP contribution in [-0.2, 0) is 4.74 Å². The van der Waals surface area contributed by atoms with E-state index < -0.39 is 0 Å². The Hall–Kier alpha value is -0.120. The van der Waals surface area contributed by atoms with Crippen molar-refractivity contribution in [2.75, 3.05) is 26.3 Å². The van der Waals surface area contributed by atoms with Crippen LogP contribution in [0.4, 0.5) is 0 Å². The van der Waals surface area contributed by atoms with Crippen molar-refractivity contribution in [2.24, 2.45) is 11.7 Å². The van der Waals surface area contributed by atoms with Crippen LogP contribution < -0.4 is 5.73 Å². The van der Waals surface area contributed by atoms with Crippen molar-refractivity contribution in [2.45, 2.75) is 51.1 Å². The summed E-state index contributed by atoms with van der Waals surface area (Å²) in [5.74, 6) is 0.744. The van der Waals surface area contributed by atoms with Gasteiger partial charge in [0.05, 0.1) is 6.61 Å². The molecule has 0 saturated carbocycles. The lowest BCUT2D eigenvalue weighted by Gasteiger charge is -2.40. The number of ether oxygens (including phenoxy) is 1. The first-order valence-corrected chi connectivity index (χ1v) is 6.85. The summed E-state index contributed by atoms with van der Waals surface area (Å²) in [4.78, 5) is 2.62. The van der Waals surface area contributed by atoms with Gasteiger partial charge in [-0.1, -0.05) is 6.42 Å². The Morgan fingerprint density at radius 3 is 2.88 bits per heavy atom. The van der Waals surface area contributed by atoms with Crippen LogP contribution in [0, 0.1) is 5.92 Å². The number of rotatable bonds is 3. The predicted octanol–water partition coefficient (Wildman–Crippen LogP) is 1.61. The zero-order chi connectivity index (χ0) is 11.4. The van der Waals surface area contributed by atoms with Crippen LogP contribution in [0.15, 0.2) is 0 Å². The van der Waals surface area contributed by atoms with Gasteiger partial charge in [-0.05, 0) is 45.1 Å². The number of nitrogens with zero attached hydrogens (tertiary/aromatic N) is 1. The fourth-order valence-corrected chi connectivity index (χ4v) is 3.12. The first-order valence-electron chi connectivity index (χ1n) is 6.85. The van der Waals surface area contributed by atoms with Crippen LogP contribution in [0.25, 0.3) is 0 Å². The monoisotopic (exact) mass is 226 g/mol. The summed E-state index contributed by atoms with van der Waals surface area (Å²) < 4.78 is 5.56. The molecule has 2 heterocycles. The van der Waals surface area contributed by atoms with E-state index >= 15 is 0 Å². The first-order chi connectivity index (χ1) is 7.77. The second-order valence-corrected chi connectivity index (χ2v) is 5.50. The number of nitrogens with two attached hydrogens (primary N) is 1. The molecule has 94 valence electrons. The van der Waals surface area contributed by atoms with Crippen molar-refractivity contribution in [1.82, 2.24) is 4.90 Å². The van der Waals surface area contributed by atoms with E-state index in [1.54, 1.807) is 0 Å². The van der Waals surface area contributed by atoms with Crippen LogP contribution in [-0.4, -0.2) is 43.3 Å². The van der Waals surface area contributed by atoms with Gasteiger partial charge in [-0.3, -0.25) is 4.90 Å². The largest absolute Gasteiger partial charge is 0.381 e. The van der Waals surface area contributed by atoms with Crippen LogP contribution in [0.3, 0.4) is 0 Å². The van der Waals surface area contributed by atoms with E-state index in [1.165, 1.54) is 45.2 Å². The molecule has 2 aliphatic heterocycles. The lowest BCUT2D eigenvalue weighted by molar-refractivity contribution is 0.0216. The van der Waals surface area contributed by atoms with E-state index in [-0.39, 0.29) is 0 Å². The van der Waals surface area contributed by atoms with Gasteiger partial charge in [-0.15, -0.1) is 0 Å². The molecule has 3 heteroatoms. The third kappa shape index (κ3) is 3.19. The molecule has 3 unspecified atom stereocenters. The Kier molecular flexibility index (Phi) is 4.62. The summed E-state index contributed by atoms with van der Waals surface area (Å²) >= 11 is 0. The molecule has 0 radical (unpaired) electrons. The maximum absolute atomic E-state index is 6.09. The third-order valence-corrected chi connectivity index (χ3v) is 4.02. The lowest BCUT2D eigenvalue weighted by atomic mass is 9.94. The molecule has 2 rings (SSSR count). The van der Waals surface area contributed by atoms with Gasteiger partial charge in [0.1, 0.15) is 0 Å². The van der Waals surface area contributed by atoms with Gasteiger partial charge in [0.25, 0.3) is 0 Å². The van der Waals surface area contributed by atoms with Gasteiger partial charge in [0.2, 0.25) is 0 Å². The van der Waals surface area contributed by atoms with Crippen LogP contribution in [0.2, 0.25) is 0 Å². The second kappa shape index (κ2) is 5.99. The molecule has 0 amide bonds. The highest BCUT2D eigenvalue weighted by molar-refractivity contribution is 4.84. The van der Waals surface area contributed by atoms with Crippen molar-refractivity contribution in [3.05, 3.63) is 0 Å². The maximum Gasteiger partial charge on any atom is 0.0506 e. The summed E-state index contributed by atoms with van der Waals surface area (Å²) in [6.07, 6.45) is 6.55. The minimum atomic E-state index is 0.310. The van der Waals surface area contributed by atoms with Gasteiger partial charge >= 0.3 is 0 Å². The van der Waals surface area contributed by atoms with Crippen molar-refractivity contribution < 1.29 is 4.74 Å². The SMILES string of the molecule is CC(N)C1CCCCN1CC1CCCOC1. The van der Waals surface area contributed by atoms with Gasteiger partial charge < -0.3 is 10.5 Å². The summed E-state index contributed by atoms with van der Waals surface area (Å²) in [6.45, 7) is 6.52. The molecule has 2 fully saturated rings. The van der Waals surface area contributed by atoms with E-state index in [1.807, 2.05) is 0 Å². The molecule has 0 aromatic carbocycles. The highest BCUT2D eigenvalue weighted by Crippen LogP contribution is 2.23. The minimum absolute atomic E-state index is 0.310. The average Bonchev–Trinajstić information content (AvgIpc) is 2.31. The minimum Gasteiger partial charge on any atom is -0.381 e. The number of piperidine rings is 1. The molecule has 0 aromatic rings. The van der Waals surface area contributed by atoms with Gasteiger partial charge in [0.15, 0.2) is 0 Å².